The van der Waals surface area contributed by atoms with E-state index in [4.69, 9.17) is 29.6 Å². The van der Waals surface area contributed by atoms with E-state index < -0.39 is 0 Å². The highest BCUT2D eigenvalue weighted by molar-refractivity contribution is 7.80. The Balaban J connectivity index is 2.70. The van der Waals surface area contributed by atoms with E-state index in [-0.39, 0.29) is 11.9 Å². The lowest BCUT2D eigenvalue weighted by Crippen LogP contribution is -2.32. The first kappa shape index (κ1) is 14.4. The number of halogens is 2. The van der Waals surface area contributed by atoms with Gasteiger partial charge in [-0.05, 0) is 37.7 Å². The van der Waals surface area contributed by atoms with Crippen molar-refractivity contribution in [3.63, 3.8) is 0 Å². The molecule has 94 valence electrons. The summed E-state index contributed by atoms with van der Waals surface area (Å²) >= 11 is 10.9. The minimum atomic E-state index is -0.278. The second-order valence-electron chi connectivity index (χ2n) is 4.17. The molecule has 1 aromatic carbocycles. The van der Waals surface area contributed by atoms with Crippen molar-refractivity contribution in [3.05, 3.63) is 34.6 Å². The first-order chi connectivity index (χ1) is 7.90. The third-order valence-corrected chi connectivity index (χ3v) is 3.21. The van der Waals surface area contributed by atoms with Crippen LogP contribution in [0.25, 0.3) is 0 Å². The normalized spacial score (nSPS) is 12.8. The van der Waals surface area contributed by atoms with Gasteiger partial charge < -0.3 is 5.73 Å². The fourth-order valence-electron chi connectivity index (χ4n) is 1.54. The predicted octanol–water partition coefficient (Wildman–Crippen LogP) is 2.98. The molecule has 0 aliphatic rings. The van der Waals surface area contributed by atoms with Crippen LogP contribution >= 0.6 is 23.8 Å². The van der Waals surface area contributed by atoms with Crippen molar-refractivity contribution in [1.29, 1.82) is 0 Å². The summed E-state index contributed by atoms with van der Waals surface area (Å²) in [5.74, 6) is -0.278. The number of nitrogens with two attached hydrogens (primary N) is 1. The van der Waals surface area contributed by atoms with E-state index in [0.717, 1.165) is 5.56 Å². The number of rotatable bonds is 5. The van der Waals surface area contributed by atoms with Gasteiger partial charge in [-0.15, -0.1) is 0 Å². The highest BCUT2D eigenvalue weighted by atomic mass is 35.5. The van der Waals surface area contributed by atoms with E-state index in [1.165, 1.54) is 12.1 Å². The van der Waals surface area contributed by atoms with Gasteiger partial charge in [0.15, 0.2) is 0 Å². The van der Waals surface area contributed by atoms with Gasteiger partial charge in [0.25, 0.3) is 0 Å². The monoisotopic (exact) mass is 274 g/mol. The molecule has 0 aliphatic carbocycles. The molecule has 0 radical (unpaired) electrons. The Morgan fingerprint density at radius 2 is 2.24 bits per heavy atom. The molecule has 0 saturated carbocycles. The number of hydrogen-bond acceptors (Lipinski definition) is 2. The van der Waals surface area contributed by atoms with Gasteiger partial charge in [-0.3, -0.25) is 4.90 Å². The van der Waals surface area contributed by atoms with Crippen LogP contribution in [0, 0.1) is 5.82 Å². The van der Waals surface area contributed by atoms with Crippen LogP contribution in [-0.4, -0.2) is 23.0 Å². The van der Waals surface area contributed by atoms with E-state index in [0.29, 0.717) is 23.0 Å². The number of hydrogen-bond donors (Lipinski definition) is 1. The first-order valence-corrected chi connectivity index (χ1v) is 6.11. The smallest absolute Gasteiger partial charge is 0.123 e. The molecule has 0 aromatic heterocycles. The molecule has 0 amide bonds. The lowest BCUT2D eigenvalue weighted by molar-refractivity contribution is 0.255. The zero-order valence-corrected chi connectivity index (χ0v) is 11.5. The number of benzene rings is 1. The Labute approximate surface area is 112 Å². The van der Waals surface area contributed by atoms with Gasteiger partial charge in [-0.2, -0.15) is 0 Å². The molecule has 0 bridgehead atoms. The summed E-state index contributed by atoms with van der Waals surface area (Å²) in [4.78, 5) is 2.52. The van der Waals surface area contributed by atoms with Crippen molar-refractivity contribution in [3.8, 4) is 0 Å². The Morgan fingerprint density at radius 3 is 2.82 bits per heavy atom. The molecule has 0 spiro atoms. The molecule has 17 heavy (non-hydrogen) atoms. The highest BCUT2D eigenvalue weighted by Crippen LogP contribution is 2.19. The Bertz CT molecular complexity index is 411. The van der Waals surface area contributed by atoms with Crippen molar-refractivity contribution < 1.29 is 4.39 Å². The summed E-state index contributed by atoms with van der Waals surface area (Å²) < 4.78 is 13.1. The molecule has 0 fully saturated rings. The SMILES string of the molecule is CC(CC(N)=S)N(C)Cc1cc(F)ccc1Cl. The minimum absolute atomic E-state index is 0.201. The van der Waals surface area contributed by atoms with Crippen molar-refractivity contribution in [2.45, 2.75) is 25.9 Å². The van der Waals surface area contributed by atoms with Gasteiger partial charge in [0.1, 0.15) is 5.82 Å². The predicted molar refractivity (Wildman–Crippen MR) is 73.7 cm³/mol. The van der Waals surface area contributed by atoms with Crippen molar-refractivity contribution in [2.24, 2.45) is 5.73 Å². The molecular weight excluding hydrogens is 259 g/mol. The van der Waals surface area contributed by atoms with Crippen LogP contribution in [0.5, 0.6) is 0 Å². The second-order valence-corrected chi connectivity index (χ2v) is 5.10. The third kappa shape index (κ3) is 4.58. The highest BCUT2D eigenvalue weighted by Gasteiger charge is 2.12. The summed E-state index contributed by atoms with van der Waals surface area (Å²) in [6, 6.07) is 4.57. The molecule has 2 nitrogen and oxygen atoms in total. The topological polar surface area (TPSA) is 29.3 Å². The molecule has 1 unspecified atom stereocenters. The lowest BCUT2D eigenvalue weighted by atomic mass is 10.1. The lowest BCUT2D eigenvalue weighted by Gasteiger charge is -2.24. The average Bonchev–Trinajstić information content (AvgIpc) is 2.22. The van der Waals surface area contributed by atoms with E-state index in [2.05, 4.69) is 0 Å². The van der Waals surface area contributed by atoms with Gasteiger partial charge >= 0.3 is 0 Å². The Morgan fingerprint density at radius 1 is 1.59 bits per heavy atom. The first-order valence-electron chi connectivity index (χ1n) is 5.32. The maximum Gasteiger partial charge on any atom is 0.123 e. The van der Waals surface area contributed by atoms with Crippen LogP contribution in [-0.2, 0) is 6.54 Å². The summed E-state index contributed by atoms with van der Waals surface area (Å²) in [6.45, 7) is 2.59. The van der Waals surface area contributed by atoms with Crippen LogP contribution in [0.2, 0.25) is 5.02 Å². The van der Waals surface area contributed by atoms with Crippen molar-refractivity contribution in [1.82, 2.24) is 4.90 Å². The standard InChI is InChI=1S/C12H16ClFN2S/c1-8(5-12(15)17)16(2)7-9-6-10(14)3-4-11(9)13/h3-4,6,8H,5,7H2,1-2H3,(H2,15,17). The van der Waals surface area contributed by atoms with Crippen molar-refractivity contribution in [2.75, 3.05) is 7.05 Å². The fraction of sp³-hybridized carbons (Fsp3) is 0.417. The third-order valence-electron chi connectivity index (χ3n) is 2.68. The molecule has 0 saturated heterocycles. The molecule has 0 aliphatic heterocycles. The fourth-order valence-corrected chi connectivity index (χ4v) is 1.95. The average molecular weight is 275 g/mol. The van der Waals surface area contributed by atoms with Crippen LogP contribution in [0.3, 0.4) is 0 Å². The Hall–Kier alpha value is -0.710. The van der Waals surface area contributed by atoms with E-state index >= 15 is 0 Å². The van der Waals surface area contributed by atoms with Crippen LogP contribution in [0.15, 0.2) is 18.2 Å². The number of nitrogens with zero attached hydrogens (tertiary/aromatic N) is 1. The maximum atomic E-state index is 13.1. The molecule has 2 N–H and O–H groups in total. The summed E-state index contributed by atoms with van der Waals surface area (Å²) in [5.41, 5.74) is 6.26. The Kier molecular flexibility index (Phi) is 5.31. The molecule has 5 heteroatoms. The van der Waals surface area contributed by atoms with E-state index in [9.17, 15) is 4.39 Å². The van der Waals surface area contributed by atoms with E-state index in [1.54, 1.807) is 6.07 Å². The zero-order valence-electron chi connectivity index (χ0n) is 9.91. The van der Waals surface area contributed by atoms with E-state index in [1.807, 2.05) is 18.9 Å². The van der Waals surface area contributed by atoms with Gasteiger partial charge in [-0.25, -0.2) is 4.39 Å². The van der Waals surface area contributed by atoms with Crippen LogP contribution < -0.4 is 5.73 Å². The maximum absolute atomic E-state index is 13.1. The van der Waals surface area contributed by atoms with Crippen molar-refractivity contribution >= 4 is 28.8 Å². The summed E-state index contributed by atoms with van der Waals surface area (Å²) in [7, 11) is 1.93. The zero-order chi connectivity index (χ0) is 13.0. The van der Waals surface area contributed by atoms with Gasteiger partial charge in [-0.1, -0.05) is 23.8 Å². The van der Waals surface area contributed by atoms with Crippen LogP contribution in [0.4, 0.5) is 4.39 Å². The number of thiocarbonyl (C=S) groups is 1. The largest absolute Gasteiger partial charge is 0.393 e. The molecule has 1 atom stereocenters. The summed E-state index contributed by atoms with van der Waals surface area (Å²) in [6.07, 6.45) is 0.638. The second kappa shape index (κ2) is 6.28. The molecular formula is C12H16ClFN2S. The van der Waals surface area contributed by atoms with Gasteiger partial charge in [0.2, 0.25) is 0 Å². The van der Waals surface area contributed by atoms with Gasteiger partial charge in [0.05, 0.1) is 4.99 Å². The quantitative estimate of drug-likeness (QED) is 0.837. The van der Waals surface area contributed by atoms with Gasteiger partial charge in [0, 0.05) is 24.0 Å². The van der Waals surface area contributed by atoms with Crippen LogP contribution in [0.1, 0.15) is 18.9 Å². The molecule has 1 aromatic rings. The summed E-state index contributed by atoms with van der Waals surface area (Å²) in [5, 5.41) is 0.570. The molecule has 1 rings (SSSR count). The molecule has 0 heterocycles. The minimum Gasteiger partial charge on any atom is -0.393 e.